The van der Waals surface area contributed by atoms with Crippen LogP contribution in [0.3, 0.4) is 0 Å². The van der Waals surface area contributed by atoms with Gasteiger partial charge in [-0.15, -0.1) is 12.4 Å². The molecule has 3 nitrogen and oxygen atoms in total. The number of morpholine rings is 1. The molecule has 2 atom stereocenters. The van der Waals surface area contributed by atoms with Crippen LogP contribution in [0.25, 0.3) is 0 Å². The Bertz CT molecular complexity index is 376. The second kappa shape index (κ2) is 7.31. The molecule has 1 aliphatic rings. The van der Waals surface area contributed by atoms with Gasteiger partial charge in [0.25, 0.3) is 0 Å². The topological polar surface area (TPSA) is 38.5 Å². The highest BCUT2D eigenvalue weighted by molar-refractivity contribution is 6.31. The predicted molar refractivity (Wildman–Crippen MR) is 77.5 cm³/mol. The second-order valence-electron chi connectivity index (χ2n) is 4.42. The third-order valence-electron chi connectivity index (χ3n) is 3.34. The van der Waals surface area contributed by atoms with E-state index in [9.17, 15) is 0 Å². The molecule has 5 heteroatoms. The summed E-state index contributed by atoms with van der Waals surface area (Å²) >= 11 is 6.23. The van der Waals surface area contributed by atoms with E-state index in [2.05, 4.69) is 17.9 Å². The fourth-order valence-electron chi connectivity index (χ4n) is 2.25. The lowest BCUT2D eigenvalue weighted by Gasteiger charge is -2.36. The van der Waals surface area contributed by atoms with Crippen molar-refractivity contribution in [3.05, 3.63) is 34.9 Å². The molecule has 2 unspecified atom stereocenters. The van der Waals surface area contributed by atoms with Crippen LogP contribution in [0.5, 0.6) is 0 Å². The number of nitrogens with two attached hydrogens (primary N) is 1. The summed E-state index contributed by atoms with van der Waals surface area (Å²) in [6.45, 7) is 5.31. The fourth-order valence-corrected chi connectivity index (χ4v) is 2.54. The van der Waals surface area contributed by atoms with E-state index in [1.165, 1.54) is 5.56 Å². The van der Waals surface area contributed by atoms with Gasteiger partial charge >= 0.3 is 0 Å². The Labute approximate surface area is 120 Å². The third-order valence-corrected chi connectivity index (χ3v) is 3.68. The molecule has 2 rings (SSSR count). The Hall–Kier alpha value is -0.320. The van der Waals surface area contributed by atoms with E-state index < -0.39 is 0 Å². The number of nitrogens with zero attached hydrogens (tertiary/aromatic N) is 1. The highest BCUT2D eigenvalue weighted by Crippen LogP contribution is 2.28. The lowest BCUT2D eigenvalue weighted by molar-refractivity contribution is -0.0364. The predicted octanol–water partition coefficient (Wildman–Crippen LogP) is 2.48. The molecule has 1 saturated heterocycles. The Kier molecular flexibility index (Phi) is 6.39. The summed E-state index contributed by atoms with van der Waals surface area (Å²) in [4.78, 5) is 2.38. The zero-order valence-corrected chi connectivity index (χ0v) is 12.1. The van der Waals surface area contributed by atoms with Crippen molar-refractivity contribution in [2.24, 2.45) is 5.73 Å². The Morgan fingerprint density at radius 1 is 1.50 bits per heavy atom. The van der Waals surface area contributed by atoms with Crippen molar-refractivity contribution in [3.63, 3.8) is 0 Å². The van der Waals surface area contributed by atoms with Gasteiger partial charge < -0.3 is 10.5 Å². The summed E-state index contributed by atoms with van der Waals surface area (Å²) in [7, 11) is 0. The highest BCUT2D eigenvalue weighted by Gasteiger charge is 2.24. The maximum Gasteiger partial charge on any atom is 0.0824 e. The lowest BCUT2D eigenvalue weighted by atomic mass is 10.1. The van der Waals surface area contributed by atoms with E-state index in [-0.39, 0.29) is 18.5 Å². The van der Waals surface area contributed by atoms with Gasteiger partial charge in [0, 0.05) is 30.7 Å². The zero-order valence-electron chi connectivity index (χ0n) is 10.5. The van der Waals surface area contributed by atoms with Gasteiger partial charge in [-0.1, -0.05) is 29.8 Å². The molecule has 1 aromatic rings. The van der Waals surface area contributed by atoms with Crippen LogP contribution in [0.1, 0.15) is 18.5 Å². The van der Waals surface area contributed by atoms with E-state index in [4.69, 9.17) is 22.1 Å². The summed E-state index contributed by atoms with van der Waals surface area (Å²) in [5.74, 6) is 0. The molecule has 1 aromatic carbocycles. The first kappa shape index (κ1) is 15.7. The molecule has 1 fully saturated rings. The van der Waals surface area contributed by atoms with Crippen LogP contribution in [0.15, 0.2) is 24.3 Å². The van der Waals surface area contributed by atoms with Crippen LogP contribution in [0.2, 0.25) is 5.02 Å². The Morgan fingerprint density at radius 2 is 2.22 bits per heavy atom. The minimum Gasteiger partial charge on any atom is -0.374 e. The molecule has 0 saturated carbocycles. The quantitative estimate of drug-likeness (QED) is 0.930. The summed E-state index contributed by atoms with van der Waals surface area (Å²) in [6.07, 6.45) is 0.147. The first-order valence-electron chi connectivity index (χ1n) is 6.02. The summed E-state index contributed by atoms with van der Waals surface area (Å²) in [6, 6.07) is 8.31. The number of hydrogen-bond acceptors (Lipinski definition) is 3. The third kappa shape index (κ3) is 3.59. The molecule has 0 amide bonds. The highest BCUT2D eigenvalue weighted by atomic mass is 35.5. The van der Waals surface area contributed by atoms with Crippen molar-refractivity contribution in [1.29, 1.82) is 0 Å². The van der Waals surface area contributed by atoms with Crippen molar-refractivity contribution in [3.8, 4) is 0 Å². The first-order chi connectivity index (χ1) is 8.22. The van der Waals surface area contributed by atoms with E-state index in [1.54, 1.807) is 0 Å². The van der Waals surface area contributed by atoms with Crippen molar-refractivity contribution >= 4 is 24.0 Å². The summed E-state index contributed by atoms with van der Waals surface area (Å²) in [5, 5.41) is 0.829. The van der Waals surface area contributed by atoms with Gasteiger partial charge in [0.1, 0.15) is 0 Å². The van der Waals surface area contributed by atoms with Gasteiger partial charge in [-0.05, 0) is 18.6 Å². The molecule has 1 aliphatic heterocycles. The zero-order chi connectivity index (χ0) is 12.3. The van der Waals surface area contributed by atoms with Gasteiger partial charge in [-0.25, -0.2) is 0 Å². The molecule has 0 aliphatic carbocycles. The van der Waals surface area contributed by atoms with Crippen LogP contribution in [-0.4, -0.2) is 37.2 Å². The molecule has 0 radical (unpaired) electrons. The van der Waals surface area contributed by atoms with Crippen LogP contribution in [-0.2, 0) is 4.74 Å². The average molecular weight is 291 g/mol. The summed E-state index contributed by atoms with van der Waals surface area (Å²) < 4.78 is 5.57. The Morgan fingerprint density at radius 3 is 2.89 bits per heavy atom. The van der Waals surface area contributed by atoms with Crippen molar-refractivity contribution in [2.75, 3.05) is 26.2 Å². The van der Waals surface area contributed by atoms with Gasteiger partial charge in [0.15, 0.2) is 0 Å². The molecule has 0 spiro atoms. The van der Waals surface area contributed by atoms with Crippen LogP contribution >= 0.6 is 24.0 Å². The van der Waals surface area contributed by atoms with E-state index in [0.717, 1.165) is 24.7 Å². The first-order valence-corrected chi connectivity index (χ1v) is 6.40. The van der Waals surface area contributed by atoms with Gasteiger partial charge in [-0.3, -0.25) is 4.90 Å². The maximum atomic E-state index is 6.23. The average Bonchev–Trinajstić information content (AvgIpc) is 2.38. The van der Waals surface area contributed by atoms with Crippen molar-refractivity contribution < 1.29 is 4.74 Å². The van der Waals surface area contributed by atoms with Crippen LogP contribution in [0.4, 0.5) is 0 Å². The van der Waals surface area contributed by atoms with E-state index >= 15 is 0 Å². The molecule has 0 aromatic heterocycles. The number of benzene rings is 1. The SMILES string of the molecule is CC(c1ccccc1Cl)N1CCOC(CN)C1.Cl. The van der Waals surface area contributed by atoms with Crippen molar-refractivity contribution in [1.82, 2.24) is 4.90 Å². The lowest BCUT2D eigenvalue weighted by Crippen LogP contribution is -2.46. The van der Waals surface area contributed by atoms with Gasteiger partial charge in [0.05, 0.1) is 12.7 Å². The fraction of sp³-hybridized carbons (Fsp3) is 0.538. The minimum atomic E-state index is 0. The maximum absolute atomic E-state index is 6.23. The van der Waals surface area contributed by atoms with Crippen LogP contribution < -0.4 is 5.73 Å². The number of halogens is 2. The van der Waals surface area contributed by atoms with Gasteiger partial charge in [0.2, 0.25) is 0 Å². The molecule has 0 bridgehead atoms. The standard InChI is InChI=1S/C13H19ClN2O.ClH/c1-10(12-4-2-3-5-13(12)14)16-6-7-17-11(8-15)9-16;/h2-5,10-11H,6-9,15H2,1H3;1H. The van der Waals surface area contributed by atoms with Gasteiger partial charge in [-0.2, -0.15) is 0 Å². The van der Waals surface area contributed by atoms with E-state index in [0.29, 0.717) is 12.6 Å². The molecule has 18 heavy (non-hydrogen) atoms. The molecular weight excluding hydrogens is 271 g/mol. The number of rotatable bonds is 3. The molecular formula is C13H20Cl2N2O. The van der Waals surface area contributed by atoms with E-state index in [1.807, 2.05) is 18.2 Å². The second-order valence-corrected chi connectivity index (χ2v) is 4.83. The largest absolute Gasteiger partial charge is 0.374 e. The molecule has 2 N–H and O–H groups in total. The normalized spacial score (nSPS) is 22.3. The monoisotopic (exact) mass is 290 g/mol. The Balaban J connectivity index is 0.00000162. The van der Waals surface area contributed by atoms with Crippen LogP contribution in [0, 0.1) is 0 Å². The number of hydrogen-bond donors (Lipinski definition) is 1. The molecule has 102 valence electrons. The smallest absolute Gasteiger partial charge is 0.0824 e. The number of ether oxygens (including phenoxy) is 1. The molecule has 1 heterocycles. The minimum absolute atomic E-state index is 0. The van der Waals surface area contributed by atoms with Crippen molar-refractivity contribution in [2.45, 2.75) is 19.1 Å². The summed E-state index contributed by atoms with van der Waals surface area (Å²) in [5.41, 5.74) is 6.83.